The summed E-state index contributed by atoms with van der Waals surface area (Å²) in [5, 5.41) is 2.22. The number of furan rings is 2. The Labute approximate surface area is 749 Å². The van der Waals surface area contributed by atoms with Crippen molar-refractivity contribution in [3.05, 3.63) is 517 Å². The molecule has 19 aromatic carbocycles. The first-order chi connectivity index (χ1) is 63.7. The Bertz CT molecular complexity index is 8020. The van der Waals surface area contributed by atoms with Crippen molar-refractivity contribution in [3.8, 4) is 89.4 Å². The maximum Gasteiger partial charge on any atom is 0.142 e. The Morgan fingerprint density at radius 1 is 0.186 bits per heavy atom. The normalized spacial score (nSPS) is 15.0. The number of nitrogens with zero attached hydrogens (tertiary/aromatic N) is 4. The summed E-state index contributed by atoms with van der Waals surface area (Å²) in [5.74, 6) is 1.80. The minimum absolute atomic E-state index is 0.325. The summed E-state index contributed by atoms with van der Waals surface area (Å²) in [6, 6.07) is 170. The van der Waals surface area contributed by atoms with Crippen LogP contribution in [0.15, 0.2) is 470 Å². The van der Waals surface area contributed by atoms with Crippen LogP contribution in [0.2, 0.25) is 0 Å². The lowest BCUT2D eigenvalue weighted by atomic mass is 9.70. The second-order valence-electron chi connectivity index (χ2n) is 35.2. The molecule has 2 unspecified atom stereocenters. The zero-order chi connectivity index (χ0) is 85.2. The minimum atomic E-state index is -0.740. The lowest BCUT2D eigenvalue weighted by Gasteiger charge is -2.32. The molecule has 6 nitrogen and oxygen atoms in total. The highest BCUT2D eigenvalue weighted by Gasteiger charge is 2.58. The number of hydrogen-bond donors (Lipinski definition) is 0. The number of anilines is 12. The van der Waals surface area contributed by atoms with E-state index in [1.807, 2.05) is 0 Å². The molecule has 5 aliphatic rings. The molecule has 0 saturated carbocycles. The highest BCUT2D eigenvalue weighted by atomic mass is 16.3. The van der Waals surface area contributed by atoms with Crippen LogP contribution in [-0.2, 0) is 16.2 Å². The van der Waals surface area contributed by atoms with Gasteiger partial charge in [-0.3, -0.25) is 0 Å². The summed E-state index contributed by atoms with van der Waals surface area (Å²) in [6.45, 7) is 4.80. The highest BCUT2D eigenvalue weighted by Crippen LogP contribution is 2.70. The summed E-state index contributed by atoms with van der Waals surface area (Å²) in [7, 11) is 0. The first kappa shape index (κ1) is 73.9. The van der Waals surface area contributed by atoms with Gasteiger partial charge in [-0.1, -0.05) is 323 Å². The smallest absolute Gasteiger partial charge is 0.142 e. The Kier molecular flexibility index (Phi) is 16.5. The fraction of sp³-hybridized carbons (Fsp3) is 0.0407. The number of fused-ring (bicyclic) bond motifs is 27. The first-order valence-electron chi connectivity index (χ1n) is 44.7. The summed E-state index contributed by atoms with van der Waals surface area (Å²) in [5.41, 5.74) is 41.5. The molecule has 0 saturated heterocycles. The molecule has 0 fully saturated rings. The van der Waals surface area contributed by atoms with Crippen molar-refractivity contribution >= 4 is 90.2 Å². The zero-order valence-corrected chi connectivity index (χ0v) is 71.0. The molecule has 21 aromatic rings. The van der Waals surface area contributed by atoms with Crippen LogP contribution in [0.3, 0.4) is 0 Å². The van der Waals surface area contributed by atoms with E-state index >= 15 is 0 Å². The SMILES string of the molecule is CC1(C)c2ccc(-c3ccc(N(c4ccc(-c5ccccc5)cc4)c4ccc5c(c4)-c4oc6ccccc6c4C54c5ccccc5-c5c(N(c6ccccc6)c6ccc(-c7ccccc7)cc6)cccc54)cc3)cc2-c2ccc(N(c3ccccc3)c3ccc4c(c3)-c3ccccc3C43c4cccc(N(c5ccccc5)c5ccccc5)c4-c4oc5ccccc5c43)cc21. The average Bonchev–Trinajstić information content (AvgIpc) is 1.49. The highest BCUT2D eigenvalue weighted by molar-refractivity contribution is 6.09. The number of rotatable bonds is 15. The molecule has 129 heavy (non-hydrogen) atoms. The quantitative estimate of drug-likeness (QED) is 0.102. The number of hydrogen-bond acceptors (Lipinski definition) is 6. The molecule has 606 valence electrons. The molecule has 0 radical (unpaired) electrons. The van der Waals surface area contributed by atoms with E-state index < -0.39 is 10.8 Å². The van der Waals surface area contributed by atoms with Crippen LogP contribution in [0.5, 0.6) is 0 Å². The van der Waals surface area contributed by atoms with Crippen molar-refractivity contribution in [1.82, 2.24) is 0 Å². The van der Waals surface area contributed by atoms with E-state index in [0.717, 1.165) is 130 Å². The third-order valence-electron chi connectivity index (χ3n) is 28.2. The monoisotopic (exact) mass is 1650 g/mol. The van der Waals surface area contributed by atoms with Gasteiger partial charge in [0.15, 0.2) is 0 Å². The van der Waals surface area contributed by atoms with Gasteiger partial charge >= 0.3 is 0 Å². The van der Waals surface area contributed by atoms with Crippen LogP contribution < -0.4 is 19.6 Å². The van der Waals surface area contributed by atoms with Crippen LogP contribution in [0.25, 0.3) is 111 Å². The van der Waals surface area contributed by atoms with Crippen LogP contribution in [0.4, 0.5) is 68.2 Å². The van der Waals surface area contributed by atoms with Crippen molar-refractivity contribution in [2.24, 2.45) is 0 Å². The molecule has 0 N–H and O–H groups in total. The molecule has 0 aliphatic heterocycles. The maximum absolute atomic E-state index is 7.36. The Morgan fingerprint density at radius 3 is 1.05 bits per heavy atom. The van der Waals surface area contributed by atoms with Gasteiger partial charge in [0.2, 0.25) is 0 Å². The average molecular weight is 1650 g/mol. The molecule has 2 spiro atoms. The van der Waals surface area contributed by atoms with Crippen molar-refractivity contribution in [2.75, 3.05) is 19.6 Å². The molecule has 26 rings (SSSR count). The second kappa shape index (κ2) is 28.8. The minimum Gasteiger partial charge on any atom is -0.456 e. The van der Waals surface area contributed by atoms with Gasteiger partial charge < -0.3 is 28.4 Å². The Morgan fingerprint density at radius 2 is 0.512 bits per heavy atom. The molecule has 6 heteroatoms. The fourth-order valence-corrected chi connectivity index (χ4v) is 22.7. The fourth-order valence-electron chi connectivity index (χ4n) is 22.7. The lowest BCUT2D eigenvalue weighted by Crippen LogP contribution is -2.26. The molecule has 0 bridgehead atoms. The van der Waals surface area contributed by atoms with Gasteiger partial charge in [0.25, 0.3) is 0 Å². The van der Waals surface area contributed by atoms with E-state index in [1.165, 1.54) is 106 Å². The van der Waals surface area contributed by atoms with Crippen LogP contribution >= 0.6 is 0 Å². The maximum atomic E-state index is 7.36. The van der Waals surface area contributed by atoms with Gasteiger partial charge in [-0.2, -0.15) is 0 Å². The predicted octanol–water partition coefficient (Wildman–Crippen LogP) is 33.1. The first-order valence-corrected chi connectivity index (χ1v) is 44.7. The van der Waals surface area contributed by atoms with Gasteiger partial charge in [0, 0.05) is 101 Å². The van der Waals surface area contributed by atoms with Crippen LogP contribution in [-0.4, -0.2) is 0 Å². The predicted molar refractivity (Wildman–Crippen MR) is 531 cm³/mol. The van der Waals surface area contributed by atoms with Crippen molar-refractivity contribution < 1.29 is 8.83 Å². The summed E-state index contributed by atoms with van der Waals surface area (Å²) >= 11 is 0. The Balaban J connectivity index is 0.572. The summed E-state index contributed by atoms with van der Waals surface area (Å²) in [6.07, 6.45) is 0. The van der Waals surface area contributed by atoms with E-state index in [4.69, 9.17) is 8.83 Å². The third kappa shape index (κ3) is 10.9. The molecule has 2 heterocycles. The number of benzene rings is 19. The standard InChI is InChI=1S/C123H82N4O2/c1-121(2)103-72-61-84(75-100(103)96-71-68-94(78-110(96)121)125(85-35-13-5-14-36-85)92-69-73-106-101(76-92)95-43-21-25-47-104(95)122(106)109-50-30-52-112(116(109)120-118(122)99-46-24-28-54-114(99)129-120)126(86-37-15-6-16-38-86)87-39-17-7-18-40-87)83-59-64-90(65-60-83)124(89-62-55-81(56-63-89)79-31-9-3-10-32-79)93-70-74-107-102(77-93)119-117(98-45-23-27-53-113(98)128-119)123(107)105-48-26-22-44-97(105)115-108(123)49-29-51-111(115)127(88-41-19-8-20-42-88)91-66-57-82(58-67-91)80-33-11-4-12-34-80/h3-78H,1-2H3. The van der Waals surface area contributed by atoms with Gasteiger partial charge in [0.1, 0.15) is 22.7 Å². The third-order valence-corrected chi connectivity index (χ3v) is 28.2. The van der Waals surface area contributed by atoms with Gasteiger partial charge in [-0.25, -0.2) is 0 Å². The summed E-state index contributed by atoms with van der Waals surface area (Å²) in [4.78, 5) is 9.72. The van der Waals surface area contributed by atoms with Gasteiger partial charge in [-0.05, 0) is 257 Å². The Hall–Kier alpha value is -16.5. The molecule has 5 aliphatic carbocycles. The topological polar surface area (TPSA) is 39.2 Å². The largest absolute Gasteiger partial charge is 0.456 e. The van der Waals surface area contributed by atoms with E-state index in [9.17, 15) is 0 Å². The van der Waals surface area contributed by atoms with Crippen LogP contribution in [0, 0.1) is 0 Å². The van der Waals surface area contributed by atoms with Gasteiger partial charge in [0.05, 0.1) is 22.2 Å². The molecular formula is C123H82N4O2. The van der Waals surface area contributed by atoms with Crippen LogP contribution in [0.1, 0.15) is 69.5 Å². The zero-order valence-electron chi connectivity index (χ0n) is 71.0. The van der Waals surface area contributed by atoms with E-state index in [1.54, 1.807) is 0 Å². The lowest BCUT2D eigenvalue weighted by molar-refractivity contribution is 0.628. The van der Waals surface area contributed by atoms with E-state index in [-0.39, 0.29) is 5.41 Å². The van der Waals surface area contributed by atoms with Crippen molar-refractivity contribution in [2.45, 2.75) is 30.1 Å². The van der Waals surface area contributed by atoms with E-state index in [2.05, 4.69) is 494 Å². The second-order valence-corrected chi connectivity index (χ2v) is 35.2. The number of para-hydroxylation sites is 6. The van der Waals surface area contributed by atoms with Gasteiger partial charge in [-0.15, -0.1) is 0 Å². The summed E-state index contributed by atoms with van der Waals surface area (Å²) < 4.78 is 14.7. The van der Waals surface area contributed by atoms with E-state index in [0.29, 0.717) is 0 Å². The molecule has 2 aromatic heterocycles. The van der Waals surface area contributed by atoms with Crippen molar-refractivity contribution in [3.63, 3.8) is 0 Å². The molecule has 2 atom stereocenters. The van der Waals surface area contributed by atoms with Crippen molar-refractivity contribution in [1.29, 1.82) is 0 Å². The molecule has 0 amide bonds. The molecular weight excluding hydrogens is 1570 g/mol.